The van der Waals surface area contributed by atoms with E-state index in [0.717, 1.165) is 36.8 Å². The molecule has 1 aromatic heterocycles. The number of aryl methyl sites for hydroxylation is 1. The van der Waals surface area contributed by atoms with E-state index in [-0.39, 0.29) is 12.3 Å². The smallest absolute Gasteiger partial charge is 0.227 e. The Hall–Kier alpha value is -2.60. The van der Waals surface area contributed by atoms with Crippen molar-refractivity contribution in [1.29, 1.82) is 0 Å². The predicted molar refractivity (Wildman–Crippen MR) is 127 cm³/mol. The van der Waals surface area contributed by atoms with Crippen molar-refractivity contribution in [2.75, 3.05) is 13.1 Å². The molecule has 1 saturated carbocycles. The van der Waals surface area contributed by atoms with Gasteiger partial charge in [-0.3, -0.25) is 9.69 Å². The summed E-state index contributed by atoms with van der Waals surface area (Å²) >= 11 is 0. The monoisotopic (exact) mass is 449 g/mol. The van der Waals surface area contributed by atoms with Crippen molar-refractivity contribution in [2.45, 2.75) is 76.8 Å². The molecule has 1 aromatic rings. The van der Waals surface area contributed by atoms with Gasteiger partial charge < -0.3 is 14.3 Å². The second-order valence-corrected chi connectivity index (χ2v) is 9.96. The predicted octanol–water partition coefficient (Wildman–Crippen LogP) is 5.52. The number of aromatic nitrogens is 1. The van der Waals surface area contributed by atoms with Gasteiger partial charge in [0.15, 0.2) is 0 Å². The Labute approximate surface area is 196 Å². The molecule has 33 heavy (non-hydrogen) atoms. The fraction of sp³-hybridized carbons (Fsp3) is 0.556. The van der Waals surface area contributed by atoms with Gasteiger partial charge >= 0.3 is 0 Å². The van der Waals surface area contributed by atoms with Crippen LogP contribution in [0.15, 0.2) is 45.5 Å². The molecule has 0 spiro atoms. The standard InChI is InChI=1S/C27H35N3O3/c1-19-15-24(33-29-19)17-27(31)28-23-10-8-20(9-11-23)12-14-30-13-3-2-6-25(30)22-16-21-5-4-7-26(21)32-18-22/h4-5,7,15-16,18,20,23,25H,2-3,6,8-14,17H2,1H3,(H,28,31). The van der Waals surface area contributed by atoms with Crippen LogP contribution in [0.1, 0.15) is 74.4 Å². The Morgan fingerprint density at radius 2 is 2.03 bits per heavy atom. The molecule has 2 aliphatic heterocycles. The molecule has 1 atom stereocenters. The number of carbonyl (C=O) groups excluding carboxylic acids is 1. The van der Waals surface area contributed by atoms with Crippen LogP contribution < -0.4 is 5.32 Å². The molecule has 6 nitrogen and oxygen atoms in total. The first-order valence-electron chi connectivity index (χ1n) is 12.6. The highest BCUT2D eigenvalue weighted by molar-refractivity contribution is 5.78. The zero-order valence-electron chi connectivity index (χ0n) is 19.6. The maximum absolute atomic E-state index is 12.3. The molecule has 0 radical (unpaired) electrons. The van der Waals surface area contributed by atoms with Crippen molar-refractivity contribution in [3.63, 3.8) is 0 Å². The third-order valence-electron chi connectivity index (χ3n) is 7.50. The van der Waals surface area contributed by atoms with Crippen LogP contribution in [0.4, 0.5) is 0 Å². The average molecular weight is 450 g/mol. The van der Waals surface area contributed by atoms with Gasteiger partial charge in [-0.1, -0.05) is 23.7 Å². The molecule has 4 aliphatic rings. The highest BCUT2D eigenvalue weighted by atomic mass is 16.5. The fourth-order valence-electron chi connectivity index (χ4n) is 5.68. The average Bonchev–Trinajstić information content (AvgIpc) is 3.46. The Kier molecular flexibility index (Phi) is 6.81. The van der Waals surface area contributed by atoms with Crippen molar-refractivity contribution in [1.82, 2.24) is 15.4 Å². The summed E-state index contributed by atoms with van der Waals surface area (Å²) in [5.74, 6) is 2.40. The van der Waals surface area contributed by atoms with E-state index in [2.05, 4.69) is 33.6 Å². The van der Waals surface area contributed by atoms with Crippen LogP contribution in [0.5, 0.6) is 0 Å². The normalized spacial score (nSPS) is 24.2. The zero-order chi connectivity index (χ0) is 22.6. The molecule has 0 aromatic carbocycles. The lowest BCUT2D eigenvalue weighted by molar-refractivity contribution is -0.121. The van der Waals surface area contributed by atoms with Crippen LogP contribution in [-0.4, -0.2) is 35.1 Å². The highest BCUT2D eigenvalue weighted by Gasteiger charge is 2.28. The number of carbonyl (C=O) groups is 1. The summed E-state index contributed by atoms with van der Waals surface area (Å²) in [6.45, 7) is 4.20. The molecule has 0 bridgehead atoms. The second kappa shape index (κ2) is 10.1. The van der Waals surface area contributed by atoms with Crippen LogP contribution in [0.25, 0.3) is 11.3 Å². The largest absolute Gasteiger partial charge is 0.464 e. The SMILES string of the molecule is Cc1cc(CC(=O)NC2CCC(CCN3CCCCC3c3coc4cccc-4c3)CC2)on1. The van der Waals surface area contributed by atoms with Crippen LogP contribution in [0, 0.1) is 12.8 Å². The summed E-state index contributed by atoms with van der Waals surface area (Å²) in [6, 6.07) is 11.1. The summed E-state index contributed by atoms with van der Waals surface area (Å²) < 4.78 is 11.1. The third-order valence-corrected chi connectivity index (χ3v) is 7.50. The van der Waals surface area contributed by atoms with Crippen molar-refractivity contribution in [2.24, 2.45) is 5.92 Å². The van der Waals surface area contributed by atoms with E-state index in [1.165, 1.54) is 56.2 Å². The third kappa shape index (κ3) is 5.49. The first-order valence-corrected chi connectivity index (χ1v) is 12.6. The van der Waals surface area contributed by atoms with Crippen LogP contribution >= 0.6 is 0 Å². The molecule has 1 unspecified atom stereocenters. The molecule has 5 rings (SSSR count). The number of hydrogen-bond donors (Lipinski definition) is 1. The van der Waals surface area contributed by atoms with Gasteiger partial charge in [-0.25, -0.2) is 0 Å². The quantitative estimate of drug-likeness (QED) is 0.514. The number of piperidine rings is 1. The van der Waals surface area contributed by atoms with E-state index in [0.29, 0.717) is 17.8 Å². The van der Waals surface area contributed by atoms with E-state index in [1.807, 2.05) is 25.3 Å². The summed E-state index contributed by atoms with van der Waals surface area (Å²) in [7, 11) is 0. The summed E-state index contributed by atoms with van der Waals surface area (Å²) in [4.78, 5) is 15.0. The first-order chi connectivity index (χ1) is 16.1. The lowest BCUT2D eigenvalue weighted by Crippen LogP contribution is -2.39. The van der Waals surface area contributed by atoms with Gasteiger partial charge in [0.1, 0.15) is 11.5 Å². The molecule has 6 heteroatoms. The minimum absolute atomic E-state index is 0.0398. The van der Waals surface area contributed by atoms with E-state index < -0.39 is 0 Å². The van der Waals surface area contributed by atoms with E-state index in [1.54, 1.807) is 0 Å². The van der Waals surface area contributed by atoms with Gasteiger partial charge in [0.2, 0.25) is 5.91 Å². The summed E-state index contributed by atoms with van der Waals surface area (Å²) in [5, 5.41) is 7.05. The molecule has 1 N–H and O–H groups in total. The topological polar surface area (TPSA) is 71.5 Å². The number of amides is 1. The first kappa shape index (κ1) is 22.2. The minimum atomic E-state index is 0.0398. The number of nitrogens with one attached hydrogen (secondary N) is 1. The van der Waals surface area contributed by atoms with Crippen LogP contribution in [0.2, 0.25) is 0 Å². The molecule has 3 heterocycles. The Balaban J connectivity index is 1.09. The second-order valence-electron chi connectivity index (χ2n) is 9.96. The molecular weight excluding hydrogens is 414 g/mol. The number of hydrogen-bond acceptors (Lipinski definition) is 5. The Morgan fingerprint density at radius 3 is 2.85 bits per heavy atom. The van der Waals surface area contributed by atoms with Gasteiger partial charge in [0, 0.05) is 29.3 Å². The molecule has 1 saturated heterocycles. The zero-order valence-corrected chi connectivity index (χ0v) is 19.6. The maximum atomic E-state index is 12.3. The molecule has 1 amide bonds. The molecule has 2 fully saturated rings. The minimum Gasteiger partial charge on any atom is -0.464 e. The number of fused-ring (bicyclic) bond motifs is 1. The number of likely N-dealkylation sites (tertiary alicyclic amines) is 1. The van der Waals surface area contributed by atoms with E-state index in [9.17, 15) is 4.79 Å². The molecule has 2 aliphatic carbocycles. The molecule has 176 valence electrons. The van der Waals surface area contributed by atoms with Gasteiger partial charge in [-0.2, -0.15) is 0 Å². The van der Waals surface area contributed by atoms with Gasteiger partial charge in [-0.15, -0.1) is 0 Å². The van der Waals surface area contributed by atoms with Crippen molar-refractivity contribution in [3.8, 4) is 11.3 Å². The lowest BCUT2D eigenvalue weighted by atomic mass is 9.83. The Morgan fingerprint density at radius 1 is 1.15 bits per heavy atom. The van der Waals surface area contributed by atoms with Gasteiger partial charge in [-0.05, 0) is 83.0 Å². The molecular formula is C27H35N3O3. The summed E-state index contributed by atoms with van der Waals surface area (Å²) in [6.07, 6.45) is 11.8. The van der Waals surface area contributed by atoms with Crippen molar-refractivity contribution >= 4 is 5.91 Å². The fourth-order valence-corrected chi connectivity index (χ4v) is 5.68. The van der Waals surface area contributed by atoms with Crippen LogP contribution in [0.3, 0.4) is 0 Å². The van der Waals surface area contributed by atoms with Gasteiger partial charge in [0.05, 0.1) is 18.4 Å². The van der Waals surface area contributed by atoms with E-state index >= 15 is 0 Å². The Bertz CT molecular complexity index is 1020. The van der Waals surface area contributed by atoms with E-state index in [4.69, 9.17) is 8.94 Å². The maximum Gasteiger partial charge on any atom is 0.227 e. The van der Waals surface area contributed by atoms with Crippen molar-refractivity contribution < 1.29 is 13.7 Å². The lowest BCUT2D eigenvalue weighted by Gasteiger charge is -2.37. The van der Waals surface area contributed by atoms with Crippen LogP contribution in [-0.2, 0) is 11.2 Å². The number of nitrogens with zero attached hydrogens (tertiary/aromatic N) is 2. The number of rotatable bonds is 7. The van der Waals surface area contributed by atoms with Gasteiger partial charge in [0.25, 0.3) is 0 Å². The summed E-state index contributed by atoms with van der Waals surface area (Å²) in [5.41, 5.74) is 3.34. The highest BCUT2D eigenvalue weighted by Crippen LogP contribution is 2.36. The van der Waals surface area contributed by atoms with Crippen molar-refractivity contribution in [3.05, 3.63) is 53.6 Å².